The zero-order valence-electron chi connectivity index (χ0n) is 9.53. The van der Waals surface area contributed by atoms with Gasteiger partial charge in [-0.3, -0.25) is 4.79 Å². The van der Waals surface area contributed by atoms with Crippen LogP contribution in [-0.4, -0.2) is 17.5 Å². The topological polar surface area (TPSA) is 37.3 Å². The normalized spacial score (nSPS) is 12.9. The second kappa shape index (κ2) is 5.08. The van der Waals surface area contributed by atoms with E-state index in [0.29, 0.717) is 5.56 Å². The lowest BCUT2D eigenvalue weighted by atomic mass is 9.88. The lowest BCUT2D eigenvalue weighted by Gasteiger charge is -2.16. The van der Waals surface area contributed by atoms with Crippen LogP contribution in [0.15, 0.2) is 24.3 Å². The minimum absolute atomic E-state index is 0.0381. The van der Waals surface area contributed by atoms with Crippen LogP contribution in [0.2, 0.25) is 0 Å². The van der Waals surface area contributed by atoms with Gasteiger partial charge in [-0.1, -0.05) is 37.6 Å². The smallest absolute Gasteiger partial charge is 0.168 e. The number of hydrogen-bond donors (Lipinski definition) is 1. The van der Waals surface area contributed by atoms with Gasteiger partial charge in [-0.2, -0.15) is 0 Å². The molecule has 1 N–H and O–H groups in total. The van der Waals surface area contributed by atoms with Gasteiger partial charge in [0.05, 0.1) is 6.61 Å². The molecule has 1 atom stereocenters. The predicted octanol–water partition coefficient (Wildman–Crippen LogP) is 2.44. The molecule has 0 saturated heterocycles. The Kier molecular flexibility index (Phi) is 4.04. The van der Waals surface area contributed by atoms with Gasteiger partial charge in [0.25, 0.3) is 0 Å². The maximum absolute atomic E-state index is 12.0. The first kappa shape index (κ1) is 11.9. The Morgan fingerprint density at radius 3 is 2.53 bits per heavy atom. The molecule has 0 aliphatic heterocycles. The average Bonchev–Trinajstić information content (AvgIpc) is 2.18. The van der Waals surface area contributed by atoms with Gasteiger partial charge < -0.3 is 5.11 Å². The van der Waals surface area contributed by atoms with Crippen LogP contribution < -0.4 is 0 Å². The summed E-state index contributed by atoms with van der Waals surface area (Å²) in [6.07, 6.45) is 0. The lowest BCUT2D eigenvalue weighted by Crippen LogP contribution is -2.24. The summed E-state index contributed by atoms with van der Waals surface area (Å²) in [4.78, 5) is 12.0. The van der Waals surface area contributed by atoms with Crippen molar-refractivity contribution < 1.29 is 9.90 Å². The monoisotopic (exact) mass is 206 g/mol. The number of carbonyl (C=O) groups is 1. The number of rotatable bonds is 4. The van der Waals surface area contributed by atoms with Crippen LogP contribution in [0.3, 0.4) is 0 Å². The first-order valence-electron chi connectivity index (χ1n) is 5.28. The number of aryl methyl sites for hydroxylation is 1. The minimum atomic E-state index is -0.285. The Labute approximate surface area is 90.9 Å². The van der Waals surface area contributed by atoms with Gasteiger partial charge in [0, 0.05) is 11.5 Å². The summed E-state index contributed by atoms with van der Waals surface area (Å²) in [6, 6.07) is 7.51. The molecule has 82 valence electrons. The number of carbonyl (C=O) groups excluding carboxylic acids is 1. The molecule has 0 radical (unpaired) electrons. The Hall–Kier alpha value is -1.15. The molecule has 1 unspecified atom stereocenters. The van der Waals surface area contributed by atoms with Gasteiger partial charge >= 0.3 is 0 Å². The Morgan fingerprint density at radius 1 is 1.40 bits per heavy atom. The summed E-state index contributed by atoms with van der Waals surface area (Å²) in [5.74, 6) is -0.0778. The summed E-state index contributed by atoms with van der Waals surface area (Å²) in [5.41, 5.74) is 1.77. The molecular weight excluding hydrogens is 188 g/mol. The molecule has 0 aromatic heterocycles. The summed E-state index contributed by atoms with van der Waals surface area (Å²) in [6.45, 7) is 5.79. The van der Waals surface area contributed by atoms with Crippen LogP contribution in [0.5, 0.6) is 0 Å². The summed E-state index contributed by atoms with van der Waals surface area (Å²) >= 11 is 0. The van der Waals surface area contributed by atoms with E-state index in [4.69, 9.17) is 0 Å². The van der Waals surface area contributed by atoms with Gasteiger partial charge in [-0.15, -0.1) is 0 Å². The molecule has 0 aliphatic carbocycles. The average molecular weight is 206 g/mol. The van der Waals surface area contributed by atoms with Crippen LogP contribution in [0.1, 0.15) is 29.8 Å². The highest BCUT2D eigenvalue weighted by Gasteiger charge is 2.22. The van der Waals surface area contributed by atoms with Crippen molar-refractivity contribution >= 4 is 5.78 Å². The van der Waals surface area contributed by atoms with Crippen molar-refractivity contribution in [2.24, 2.45) is 11.8 Å². The molecule has 1 rings (SSSR count). The van der Waals surface area contributed by atoms with Crippen LogP contribution in [-0.2, 0) is 0 Å². The standard InChI is InChI=1S/C13H18O2/c1-9(2)12(8-14)13(15)11-6-4-5-10(3)7-11/h4-7,9,12,14H,8H2,1-3H3. The van der Waals surface area contributed by atoms with E-state index in [1.807, 2.05) is 39.0 Å². The maximum Gasteiger partial charge on any atom is 0.168 e. The van der Waals surface area contributed by atoms with Crippen LogP contribution >= 0.6 is 0 Å². The molecule has 2 heteroatoms. The number of aliphatic hydroxyl groups excluding tert-OH is 1. The third kappa shape index (κ3) is 2.90. The summed E-state index contributed by atoms with van der Waals surface area (Å²) < 4.78 is 0. The SMILES string of the molecule is Cc1cccc(C(=O)C(CO)C(C)C)c1. The second-order valence-electron chi connectivity index (χ2n) is 4.27. The van der Waals surface area contributed by atoms with Crippen molar-refractivity contribution in [3.63, 3.8) is 0 Å². The number of Topliss-reactive ketones (excluding diaryl/α,β-unsaturated/α-hetero) is 1. The minimum Gasteiger partial charge on any atom is -0.396 e. The molecule has 0 bridgehead atoms. The highest BCUT2D eigenvalue weighted by atomic mass is 16.3. The summed E-state index contributed by atoms with van der Waals surface area (Å²) in [5, 5.41) is 9.18. The highest BCUT2D eigenvalue weighted by Crippen LogP contribution is 2.17. The molecule has 0 saturated carbocycles. The van der Waals surface area contributed by atoms with Gasteiger partial charge in [0.1, 0.15) is 0 Å². The Balaban J connectivity index is 2.93. The maximum atomic E-state index is 12.0. The molecule has 0 fully saturated rings. The van der Waals surface area contributed by atoms with Crippen molar-refractivity contribution in [1.29, 1.82) is 0 Å². The fourth-order valence-electron chi connectivity index (χ4n) is 1.61. The first-order valence-corrected chi connectivity index (χ1v) is 5.28. The van der Waals surface area contributed by atoms with Gasteiger partial charge in [0.2, 0.25) is 0 Å². The third-order valence-electron chi connectivity index (χ3n) is 2.64. The van der Waals surface area contributed by atoms with Crippen molar-refractivity contribution in [2.75, 3.05) is 6.61 Å². The molecule has 2 nitrogen and oxygen atoms in total. The molecule has 0 amide bonds. The molecule has 0 heterocycles. The molecule has 1 aromatic carbocycles. The van der Waals surface area contributed by atoms with Gasteiger partial charge in [-0.05, 0) is 18.9 Å². The van der Waals surface area contributed by atoms with E-state index in [2.05, 4.69) is 0 Å². The van der Waals surface area contributed by atoms with E-state index >= 15 is 0 Å². The van der Waals surface area contributed by atoms with E-state index < -0.39 is 0 Å². The Bertz CT molecular complexity index is 342. The zero-order valence-corrected chi connectivity index (χ0v) is 9.53. The highest BCUT2D eigenvalue weighted by molar-refractivity contribution is 5.98. The quantitative estimate of drug-likeness (QED) is 0.768. The van der Waals surface area contributed by atoms with Crippen molar-refractivity contribution in [3.05, 3.63) is 35.4 Å². The van der Waals surface area contributed by atoms with Crippen molar-refractivity contribution in [3.8, 4) is 0 Å². The molecular formula is C13H18O2. The van der Waals surface area contributed by atoms with E-state index in [1.54, 1.807) is 6.07 Å². The second-order valence-corrected chi connectivity index (χ2v) is 4.27. The fourth-order valence-corrected chi connectivity index (χ4v) is 1.61. The number of hydrogen-bond acceptors (Lipinski definition) is 2. The summed E-state index contributed by atoms with van der Waals surface area (Å²) in [7, 11) is 0. The first-order chi connectivity index (χ1) is 7.06. The van der Waals surface area contributed by atoms with Crippen molar-refractivity contribution in [2.45, 2.75) is 20.8 Å². The van der Waals surface area contributed by atoms with E-state index in [-0.39, 0.29) is 24.2 Å². The van der Waals surface area contributed by atoms with Gasteiger partial charge in [-0.25, -0.2) is 0 Å². The Morgan fingerprint density at radius 2 is 2.07 bits per heavy atom. The lowest BCUT2D eigenvalue weighted by molar-refractivity contribution is 0.0806. The zero-order chi connectivity index (χ0) is 11.4. The van der Waals surface area contributed by atoms with Crippen LogP contribution in [0.25, 0.3) is 0 Å². The van der Waals surface area contributed by atoms with E-state index in [1.165, 1.54) is 0 Å². The molecule has 15 heavy (non-hydrogen) atoms. The predicted molar refractivity (Wildman–Crippen MR) is 60.9 cm³/mol. The van der Waals surface area contributed by atoms with Gasteiger partial charge in [0.15, 0.2) is 5.78 Å². The van der Waals surface area contributed by atoms with E-state index in [9.17, 15) is 9.90 Å². The van der Waals surface area contributed by atoms with Crippen molar-refractivity contribution in [1.82, 2.24) is 0 Å². The number of aliphatic hydroxyl groups is 1. The molecule has 0 aliphatic rings. The number of ketones is 1. The van der Waals surface area contributed by atoms with E-state index in [0.717, 1.165) is 5.56 Å². The van der Waals surface area contributed by atoms with Crippen LogP contribution in [0, 0.1) is 18.8 Å². The molecule has 1 aromatic rings. The van der Waals surface area contributed by atoms with Crippen LogP contribution in [0.4, 0.5) is 0 Å². The largest absolute Gasteiger partial charge is 0.396 e. The molecule has 0 spiro atoms. The third-order valence-corrected chi connectivity index (χ3v) is 2.64. The number of benzene rings is 1. The fraction of sp³-hybridized carbons (Fsp3) is 0.462.